The standard InChI is InChI=1S/C22H16ClN3OS/c23-18-10-8-17(9-11-18)21-15-28-22(26(21)19-4-2-1-3-5-19)25-24-14-16-6-12-20(27)13-7-16/h1-15,27H/b24-14-,25-22+. The molecule has 0 saturated heterocycles. The number of hydrogen-bond donors (Lipinski definition) is 1. The number of nitrogens with zero attached hydrogens (tertiary/aromatic N) is 3. The molecule has 0 atom stereocenters. The third kappa shape index (κ3) is 4.06. The molecule has 28 heavy (non-hydrogen) atoms. The molecule has 0 aliphatic heterocycles. The van der Waals surface area contributed by atoms with Crippen molar-refractivity contribution in [3.63, 3.8) is 0 Å². The molecule has 0 amide bonds. The Morgan fingerprint density at radius 1 is 0.893 bits per heavy atom. The Kier molecular flexibility index (Phi) is 5.37. The maximum Gasteiger partial charge on any atom is 0.215 e. The first-order chi connectivity index (χ1) is 13.7. The van der Waals surface area contributed by atoms with Crippen molar-refractivity contribution in [2.45, 2.75) is 0 Å². The van der Waals surface area contributed by atoms with Crippen LogP contribution >= 0.6 is 22.9 Å². The van der Waals surface area contributed by atoms with Crippen molar-refractivity contribution in [3.8, 4) is 22.7 Å². The molecule has 0 unspecified atom stereocenters. The van der Waals surface area contributed by atoms with Crippen LogP contribution in [-0.4, -0.2) is 15.9 Å². The Morgan fingerprint density at radius 2 is 1.61 bits per heavy atom. The highest BCUT2D eigenvalue weighted by Crippen LogP contribution is 2.24. The van der Waals surface area contributed by atoms with Crippen LogP contribution < -0.4 is 4.80 Å². The van der Waals surface area contributed by atoms with Crippen LogP contribution in [0.4, 0.5) is 0 Å². The molecule has 0 aliphatic rings. The summed E-state index contributed by atoms with van der Waals surface area (Å²) in [5.41, 5.74) is 3.94. The lowest BCUT2D eigenvalue weighted by Gasteiger charge is -2.09. The summed E-state index contributed by atoms with van der Waals surface area (Å²) in [6.07, 6.45) is 1.66. The fraction of sp³-hybridized carbons (Fsp3) is 0. The van der Waals surface area contributed by atoms with E-state index in [9.17, 15) is 5.11 Å². The van der Waals surface area contributed by atoms with E-state index in [1.54, 1.807) is 30.5 Å². The lowest BCUT2D eigenvalue weighted by Crippen LogP contribution is -2.13. The van der Waals surface area contributed by atoms with E-state index in [0.717, 1.165) is 27.3 Å². The number of hydrogen-bond acceptors (Lipinski definition) is 4. The predicted molar refractivity (Wildman–Crippen MR) is 115 cm³/mol. The lowest BCUT2D eigenvalue weighted by atomic mass is 10.1. The number of halogens is 1. The third-order valence-electron chi connectivity index (χ3n) is 4.11. The average Bonchev–Trinajstić information content (AvgIpc) is 3.14. The molecule has 0 fully saturated rings. The van der Waals surface area contributed by atoms with Crippen molar-refractivity contribution >= 4 is 29.2 Å². The lowest BCUT2D eigenvalue weighted by molar-refractivity contribution is 0.475. The van der Waals surface area contributed by atoms with Crippen molar-refractivity contribution < 1.29 is 5.11 Å². The van der Waals surface area contributed by atoms with E-state index in [0.29, 0.717) is 5.02 Å². The molecule has 4 rings (SSSR count). The van der Waals surface area contributed by atoms with Crippen LogP contribution in [0.15, 0.2) is 94.4 Å². The molecule has 0 spiro atoms. The topological polar surface area (TPSA) is 49.9 Å². The summed E-state index contributed by atoms with van der Waals surface area (Å²) in [7, 11) is 0. The number of para-hydroxylation sites is 1. The summed E-state index contributed by atoms with van der Waals surface area (Å²) < 4.78 is 2.07. The predicted octanol–water partition coefficient (Wildman–Crippen LogP) is 5.50. The number of benzene rings is 3. The van der Waals surface area contributed by atoms with Gasteiger partial charge in [-0.2, -0.15) is 5.10 Å². The van der Waals surface area contributed by atoms with Gasteiger partial charge in [-0.15, -0.1) is 16.4 Å². The van der Waals surface area contributed by atoms with E-state index >= 15 is 0 Å². The summed E-state index contributed by atoms with van der Waals surface area (Å²) in [6, 6.07) is 24.6. The molecule has 4 nitrogen and oxygen atoms in total. The van der Waals surface area contributed by atoms with E-state index in [1.165, 1.54) is 11.3 Å². The minimum Gasteiger partial charge on any atom is -0.508 e. The van der Waals surface area contributed by atoms with E-state index in [-0.39, 0.29) is 5.75 Å². The van der Waals surface area contributed by atoms with Gasteiger partial charge in [0.25, 0.3) is 0 Å². The van der Waals surface area contributed by atoms with Gasteiger partial charge in [-0.05, 0) is 59.7 Å². The monoisotopic (exact) mass is 405 g/mol. The van der Waals surface area contributed by atoms with Crippen molar-refractivity contribution in [3.05, 3.63) is 99.6 Å². The quantitative estimate of drug-likeness (QED) is 0.353. The summed E-state index contributed by atoms with van der Waals surface area (Å²) in [5, 5.41) is 20.8. The largest absolute Gasteiger partial charge is 0.508 e. The molecule has 1 heterocycles. The molecule has 0 aliphatic carbocycles. The fourth-order valence-corrected chi connectivity index (χ4v) is 3.72. The second kappa shape index (κ2) is 8.25. The molecule has 0 radical (unpaired) electrons. The van der Waals surface area contributed by atoms with Gasteiger partial charge in [0.05, 0.1) is 11.9 Å². The molecule has 1 aromatic heterocycles. The Hall–Kier alpha value is -3.15. The normalized spacial score (nSPS) is 12.0. The van der Waals surface area contributed by atoms with Gasteiger partial charge in [0.2, 0.25) is 4.80 Å². The molecule has 0 saturated carbocycles. The Bertz CT molecular complexity index is 1160. The zero-order valence-electron chi connectivity index (χ0n) is 14.7. The number of thiazole rings is 1. The van der Waals surface area contributed by atoms with Crippen LogP contribution in [0.1, 0.15) is 5.56 Å². The van der Waals surface area contributed by atoms with Gasteiger partial charge in [0.1, 0.15) is 5.75 Å². The van der Waals surface area contributed by atoms with Gasteiger partial charge in [-0.25, -0.2) is 0 Å². The number of aromatic hydroxyl groups is 1. The van der Waals surface area contributed by atoms with Crippen LogP contribution in [0.5, 0.6) is 5.75 Å². The van der Waals surface area contributed by atoms with E-state index in [4.69, 9.17) is 11.6 Å². The SMILES string of the molecule is Oc1ccc(/C=N\N=c2\scc(-c3ccc(Cl)cc3)n2-c2ccccc2)cc1. The van der Waals surface area contributed by atoms with Crippen LogP contribution in [0.2, 0.25) is 5.02 Å². The first-order valence-corrected chi connectivity index (χ1v) is 9.84. The highest BCUT2D eigenvalue weighted by molar-refractivity contribution is 7.07. The molecule has 3 aromatic carbocycles. The zero-order chi connectivity index (χ0) is 19.3. The molecule has 0 bridgehead atoms. The van der Waals surface area contributed by atoms with Gasteiger partial charge >= 0.3 is 0 Å². The molecule has 138 valence electrons. The van der Waals surface area contributed by atoms with Crippen molar-refractivity contribution in [2.75, 3.05) is 0 Å². The Morgan fingerprint density at radius 3 is 2.32 bits per heavy atom. The fourth-order valence-electron chi connectivity index (χ4n) is 2.73. The number of rotatable bonds is 4. The Labute approximate surface area is 171 Å². The maximum absolute atomic E-state index is 9.37. The van der Waals surface area contributed by atoms with Crippen molar-refractivity contribution in [1.82, 2.24) is 4.57 Å². The minimum absolute atomic E-state index is 0.224. The highest BCUT2D eigenvalue weighted by Gasteiger charge is 2.10. The first-order valence-electron chi connectivity index (χ1n) is 8.59. The summed E-state index contributed by atoms with van der Waals surface area (Å²) in [4.78, 5) is 0.756. The first kappa shape index (κ1) is 18.2. The van der Waals surface area contributed by atoms with E-state index in [1.807, 2.05) is 54.6 Å². The second-order valence-corrected chi connectivity index (χ2v) is 7.29. The van der Waals surface area contributed by atoms with Crippen LogP contribution in [0.3, 0.4) is 0 Å². The van der Waals surface area contributed by atoms with E-state index < -0.39 is 0 Å². The van der Waals surface area contributed by atoms with Gasteiger partial charge in [0, 0.05) is 16.1 Å². The van der Waals surface area contributed by atoms with Crippen LogP contribution in [-0.2, 0) is 0 Å². The summed E-state index contributed by atoms with van der Waals surface area (Å²) >= 11 is 7.56. The van der Waals surface area contributed by atoms with Crippen molar-refractivity contribution in [1.29, 1.82) is 0 Å². The molecule has 6 heteroatoms. The van der Waals surface area contributed by atoms with E-state index in [2.05, 4.69) is 20.1 Å². The number of phenols is 1. The van der Waals surface area contributed by atoms with Gasteiger partial charge < -0.3 is 5.11 Å². The molecular formula is C22H16ClN3OS. The van der Waals surface area contributed by atoms with Crippen LogP contribution in [0.25, 0.3) is 16.9 Å². The van der Waals surface area contributed by atoms with Gasteiger partial charge in [0.15, 0.2) is 0 Å². The number of aromatic nitrogens is 1. The Balaban J connectivity index is 1.79. The summed E-state index contributed by atoms with van der Waals surface area (Å²) in [5.74, 6) is 0.224. The summed E-state index contributed by atoms with van der Waals surface area (Å²) in [6.45, 7) is 0. The van der Waals surface area contributed by atoms with Gasteiger partial charge in [-0.1, -0.05) is 41.9 Å². The highest BCUT2D eigenvalue weighted by atomic mass is 35.5. The zero-order valence-corrected chi connectivity index (χ0v) is 16.3. The van der Waals surface area contributed by atoms with Crippen LogP contribution in [0, 0.1) is 0 Å². The molecular weight excluding hydrogens is 390 g/mol. The maximum atomic E-state index is 9.37. The van der Waals surface area contributed by atoms with Gasteiger partial charge in [-0.3, -0.25) is 4.57 Å². The smallest absolute Gasteiger partial charge is 0.215 e. The number of phenolic OH excluding ortho intramolecular Hbond substituents is 1. The van der Waals surface area contributed by atoms with Crippen molar-refractivity contribution in [2.24, 2.45) is 10.2 Å². The third-order valence-corrected chi connectivity index (χ3v) is 5.17. The minimum atomic E-state index is 0.224. The molecule has 4 aromatic rings. The molecule has 1 N–H and O–H groups in total. The average molecular weight is 406 g/mol. The second-order valence-electron chi connectivity index (χ2n) is 6.02.